The fourth-order valence-electron chi connectivity index (χ4n) is 1.11. The van der Waals surface area contributed by atoms with E-state index in [-0.39, 0.29) is 5.56 Å². The maximum atomic E-state index is 12.2. The zero-order valence-corrected chi connectivity index (χ0v) is 8.04. The molecule has 0 unspecified atom stereocenters. The van der Waals surface area contributed by atoms with Gasteiger partial charge in [0.1, 0.15) is 5.60 Å². The number of hydrogen-bond acceptors (Lipinski definition) is 2. The Bertz CT molecular complexity index is 328. The summed E-state index contributed by atoms with van der Waals surface area (Å²) in [5.41, 5.74) is -2.04. The summed E-state index contributed by atoms with van der Waals surface area (Å²) in [6, 6.07) is 4.05. The zero-order chi connectivity index (χ0) is 11.7. The van der Waals surface area contributed by atoms with Crippen molar-refractivity contribution in [2.45, 2.75) is 18.7 Å². The molecule has 0 bridgehead atoms. The van der Waals surface area contributed by atoms with Crippen molar-refractivity contribution < 1.29 is 23.4 Å². The lowest BCUT2D eigenvalue weighted by Gasteiger charge is -2.21. The van der Waals surface area contributed by atoms with Crippen LogP contribution in [0.25, 0.3) is 0 Å². The minimum Gasteiger partial charge on any atom is -0.393 e. The summed E-state index contributed by atoms with van der Waals surface area (Å²) in [6.45, 7) is 0.786. The van der Waals surface area contributed by atoms with E-state index in [1.54, 1.807) is 0 Å². The van der Waals surface area contributed by atoms with Crippen LogP contribution >= 0.6 is 0 Å². The second-order valence-corrected chi connectivity index (χ2v) is 3.51. The smallest absolute Gasteiger partial charge is 0.393 e. The second-order valence-electron chi connectivity index (χ2n) is 3.51. The Balaban J connectivity index is 3.01. The molecule has 2 N–H and O–H groups in total. The minimum absolute atomic E-state index is 0.248. The van der Waals surface area contributed by atoms with Crippen molar-refractivity contribution in [3.05, 3.63) is 35.4 Å². The van der Waals surface area contributed by atoms with Crippen LogP contribution in [0.3, 0.4) is 0 Å². The number of halogens is 3. The van der Waals surface area contributed by atoms with E-state index in [1.165, 1.54) is 6.92 Å². The van der Waals surface area contributed by atoms with Crippen LogP contribution in [0, 0.1) is 0 Å². The quantitative estimate of drug-likeness (QED) is 0.799. The maximum Gasteiger partial charge on any atom is 0.416 e. The molecule has 0 aliphatic rings. The SMILES string of the molecule is C[C@](O)(CO)c1ccc(C(F)(F)F)cc1. The fourth-order valence-corrected chi connectivity index (χ4v) is 1.11. The second kappa shape index (κ2) is 3.83. The number of aliphatic hydroxyl groups is 2. The van der Waals surface area contributed by atoms with Gasteiger partial charge < -0.3 is 10.2 Å². The Morgan fingerprint density at radius 3 is 1.80 bits per heavy atom. The van der Waals surface area contributed by atoms with Crippen molar-refractivity contribution in [2.24, 2.45) is 0 Å². The molecule has 15 heavy (non-hydrogen) atoms. The molecule has 0 spiro atoms. The van der Waals surface area contributed by atoms with Crippen LogP contribution in [0.5, 0.6) is 0 Å². The van der Waals surface area contributed by atoms with Crippen LogP contribution in [0.1, 0.15) is 18.1 Å². The fraction of sp³-hybridized carbons (Fsp3) is 0.400. The van der Waals surface area contributed by atoms with Gasteiger partial charge >= 0.3 is 6.18 Å². The van der Waals surface area contributed by atoms with Crippen molar-refractivity contribution in [1.29, 1.82) is 0 Å². The van der Waals surface area contributed by atoms with Gasteiger partial charge in [0, 0.05) is 0 Å². The molecular weight excluding hydrogens is 209 g/mol. The van der Waals surface area contributed by atoms with Crippen LogP contribution < -0.4 is 0 Å². The first kappa shape index (κ1) is 12.0. The monoisotopic (exact) mass is 220 g/mol. The van der Waals surface area contributed by atoms with Crippen molar-refractivity contribution >= 4 is 0 Å². The van der Waals surface area contributed by atoms with E-state index in [0.717, 1.165) is 24.3 Å². The minimum atomic E-state index is -4.39. The van der Waals surface area contributed by atoms with Gasteiger partial charge in [-0.3, -0.25) is 0 Å². The number of hydrogen-bond donors (Lipinski definition) is 2. The molecule has 0 aromatic heterocycles. The molecule has 0 amide bonds. The van der Waals surface area contributed by atoms with Crippen molar-refractivity contribution in [1.82, 2.24) is 0 Å². The molecule has 0 fully saturated rings. The Labute approximate surface area is 85.0 Å². The summed E-state index contributed by atoms with van der Waals surface area (Å²) in [4.78, 5) is 0. The summed E-state index contributed by atoms with van der Waals surface area (Å²) >= 11 is 0. The topological polar surface area (TPSA) is 40.5 Å². The highest BCUT2D eigenvalue weighted by molar-refractivity contribution is 5.28. The average Bonchev–Trinajstić information content (AvgIpc) is 2.17. The Morgan fingerprint density at radius 1 is 1.07 bits per heavy atom. The van der Waals surface area contributed by atoms with Crippen LogP contribution in [0.4, 0.5) is 13.2 Å². The van der Waals surface area contributed by atoms with Gasteiger partial charge in [-0.2, -0.15) is 13.2 Å². The lowest BCUT2D eigenvalue weighted by Crippen LogP contribution is -2.25. The lowest BCUT2D eigenvalue weighted by atomic mass is 9.96. The number of alkyl halides is 3. The third-order valence-electron chi connectivity index (χ3n) is 2.14. The summed E-state index contributed by atoms with van der Waals surface area (Å²) < 4.78 is 36.6. The first-order valence-electron chi connectivity index (χ1n) is 4.28. The Hall–Kier alpha value is -1.07. The van der Waals surface area contributed by atoms with Crippen molar-refractivity contribution in [3.8, 4) is 0 Å². The van der Waals surface area contributed by atoms with Gasteiger partial charge in [0.15, 0.2) is 0 Å². The number of rotatable bonds is 2. The Kier molecular flexibility index (Phi) is 3.06. The predicted octanol–water partition coefficient (Wildman–Crippen LogP) is 1.91. The van der Waals surface area contributed by atoms with Crippen LogP contribution in [0.15, 0.2) is 24.3 Å². The first-order valence-corrected chi connectivity index (χ1v) is 4.28. The summed E-state index contributed by atoms with van der Waals surface area (Å²) in [5, 5.41) is 18.4. The molecule has 5 heteroatoms. The molecule has 0 heterocycles. The molecule has 2 nitrogen and oxygen atoms in total. The van der Waals surface area contributed by atoms with E-state index >= 15 is 0 Å². The molecule has 0 aliphatic heterocycles. The number of benzene rings is 1. The van der Waals surface area contributed by atoms with Gasteiger partial charge in [0.05, 0.1) is 12.2 Å². The van der Waals surface area contributed by atoms with E-state index in [1.807, 2.05) is 0 Å². The standard InChI is InChI=1S/C10H11F3O2/c1-9(15,6-14)7-2-4-8(5-3-7)10(11,12)13/h2-5,14-15H,6H2,1H3/t9-/m0/s1. The number of aliphatic hydroxyl groups excluding tert-OH is 1. The average molecular weight is 220 g/mol. The van der Waals surface area contributed by atoms with Gasteiger partial charge in [-0.25, -0.2) is 0 Å². The predicted molar refractivity (Wildman–Crippen MR) is 48.1 cm³/mol. The molecule has 1 atom stereocenters. The highest BCUT2D eigenvalue weighted by Crippen LogP contribution is 2.30. The largest absolute Gasteiger partial charge is 0.416 e. The van der Waals surface area contributed by atoms with Gasteiger partial charge in [-0.05, 0) is 24.6 Å². The van der Waals surface area contributed by atoms with E-state index < -0.39 is 23.9 Å². The van der Waals surface area contributed by atoms with Crippen LogP contribution in [-0.4, -0.2) is 16.8 Å². The molecule has 1 rings (SSSR count). The van der Waals surface area contributed by atoms with Gasteiger partial charge in [0.25, 0.3) is 0 Å². The lowest BCUT2D eigenvalue weighted by molar-refractivity contribution is -0.137. The van der Waals surface area contributed by atoms with E-state index in [2.05, 4.69) is 0 Å². The molecule has 0 aliphatic carbocycles. The summed E-state index contributed by atoms with van der Waals surface area (Å²) in [5.74, 6) is 0. The maximum absolute atomic E-state index is 12.2. The third kappa shape index (κ3) is 2.70. The first-order chi connectivity index (χ1) is 6.77. The van der Waals surface area contributed by atoms with E-state index in [4.69, 9.17) is 5.11 Å². The van der Waals surface area contributed by atoms with Gasteiger partial charge in [-0.15, -0.1) is 0 Å². The van der Waals surface area contributed by atoms with Gasteiger partial charge in [0.2, 0.25) is 0 Å². The zero-order valence-electron chi connectivity index (χ0n) is 8.04. The summed E-state index contributed by atoms with van der Waals surface area (Å²) in [6.07, 6.45) is -4.39. The van der Waals surface area contributed by atoms with Gasteiger partial charge in [-0.1, -0.05) is 12.1 Å². The third-order valence-corrected chi connectivity index (χ3v) is 2.14. The highest BCUT2D eigenvalue weighted by atomic mass is 19.4. The molecule has 84 valence electrons. The Morgan fingerprint density at radius 2 is 1.47 bits per heavy atom. The van der Waals surface area contributed by atoms with Crippen LogP contribution in [0.2, 0.25) is 0 Å². The molecule has 0 radical (unpaired) electrons. The van der Waals surface area contributed by atoms with Crippen LogP contribution in [-0.2, 0) is 11.8 Å². The normalized spacial score (nSPS) is 16.1. The van der Waals surface area contributed by atoms with Crippen molar-refractivity contribution in [2.75, 3.05) is 6.61 Å². The highest BCUT2D eigenvalue weighted by Gasteiger charge is 2.31. The van der Waals surface area contributed by atoms with Crippen molar-refractivity contribution in [3.63, 3.8) is 0 Å². The molecule has 0 saturated carbocycles. The summed E-state index contributed by atoms with van der Waals surface area (Å²) in [7, 11) is 0. The molecule has 1 aromatic carbocycles. The molecule has 0 saturated heterocycles. The molecular formula is C10H11F3O2. The van der Waals surface area contributed by atoms with E-state index in [9.17, 15) is 18.3 Å². The van der Waals surface area contributed by atoms with E-state index in [0.29, 0.717) is 0 Å². The molecule has 1 aromatic rings.